The monoisotopic (exact) mass is 273 g/mol. The van der Waals surface area contributed by atoms with E-state index in [1.54, 1.807) is 0 Å². The number of nitrogens with zero attached hydrogens (tertiary/aromatic N) is 1. The summed E-state index contributed by atoms with van der Waals surface area (Å²) >= 11 is 6.63. The number of para-hydroxylation sites is 1. The molecule has 0 spiro atoms. The summed E-state index contributed by atoms with van der Waals surface area (Å²) in [5.74, 6) is 1.43. The van der Waals surface area contributed by atoms with Crippen LogP contribution >= 0.6 is 11.6 Å². The van der Waals surface area contributed by atoms with Gasteiger partial charge in [0.25, 0.3) is 0 Å². The Morgan fingerprint density at radius 2 is 2.05 bits per heavy atom. The van der Waals surface area contributed by atoms with E-state index in [0.717, 1.165) is 23.5 Å². The van der Waals surface area contributed by atoms with Gasteiger partial charge in [0.1, 0.15) is 0 Å². The Kier molecular flexibility index (Phi) is 3.74. The van der Waals surface area contributed by atoms with Crippen molar-refractivity contribution < 1.29 is 0 Å². The van der Waals surface area contributed by atoms with Crippen LogP contribution in [0.25, 0.3) is 10.9 Å². The highest BCUT2D eigenvalue weighted by Gasteiger charge is 2.29. The summed E-state index contributed by atoms with van der Waals surface area (Å²) in [5, 5.41) is 1.43. The third kappa shape index (κ3) is 2.76. The van der Waals surface area contributed by atoms with E-state index >= 15 is 0 Å². The van der Waals surface area contributed by atoms with Gasteiger partial charge < -0.3 is 0 Å². The molecule has 1 nitrogen and oxygen atoms in total. The summed E-state index contributed by atoms with van der Waals surface area (Å²) in [6.07, 6.45) is 4.84. The van der Waals surface area contributed by atoms with E-state index in [1.165, 1.54) is 24.6 Å². The van der Waals surface area contributed by atoms with Crippen LogP contribution in [0.3, 0.4) is 0 Å². The summed E-state index contributed by atoms with van der Waals surface area (Å²) in [7, 11) is 0. The zero-order valence-electron chi connectivity index (χ0n) is 11.3. The molecule has 1 aliphatic carbocycles. The SMILES string of the molecule is CC1CCCC1C(Cl)Cc1ccc2ccccc2n1. The van der Waals surface area contributed by atoms with Gasteiger partial charge in [-0.1, -0.05) is 44.0 Å². The molecule has 1 aromatic heterocycles. The lowest BCUT2D eigenvalue weighted by molar-refractivity contribution is 0.397. The smallest absolute Gasteiger partial charge is 0.0705 e. The number of aromatic nitrogens is 1. The van der Waals surface area contributed by atoms with Crippen LogP contribution in [0.15, 0.2) is 36.4 Å². The minimum atomic E-state index is 0.228. The van der Waals surface area contributed by atoms with E-state index in [0.29, 0.717) is 5.92 Å². The predicted octanol–water partition coefficient (Wildman–Crippen LogP) is 4.82. The first-order chi connectivity index (χ1) is 9.24. The van der Waals surface area contributed by atoms with Gasteiger partial charge in [-0.15, -0.1) is 11.6 Å². The van der Waals surface area contributed by atoms with Crippen molar-refractivity contribution in [2.45, 2.75) is 38.0 Å². The molecule has 1 aliphatic rings. The van der Waals surface area contributed by atoms with Crippen molar-refractivity contribution in [3.63, 3.8) is 0 Å². The second kappa shape index (κ2) is 5.50. The minimum Gasteiger partial charge on any atom is -0.253 e. The summed E-state index contributed by atoms with van der Waals surface area (Å²) in [4.78, 5) is 4.73. The normalized spacial score (nSPS) is 24.7. The molecule has 1 heterocycles. The quantitative estimate of drug-likeness (QED) is 0.731. The second-order valence-electron chi connectivity index (χ2n) is 5.79. The Morgan fingerprint density at radius 1 is 1.21 bits per heavy atom. The highest BCUT2D eigenvalue weighted by molar-refractivity contribution is 6.21. The van der Waals surface area contributed by atoms with Crippen molar-refractivity contribution in [1.29, 1.82) is 0 Å². The van der Waals surface area contributed by atoms with Gasteiger partial charge in [-0.2, -0.15) is 0 Å². The molecule has 1 fully saturated rings. The maximum absolute atomic E-state index is 6.63. The summed E-state index contributed by atoms with van der Waals surface area (Å²) < 4.78 is 0. The van der Waals surface area contributed by atoms with Crippen molar-refractivity contribution in [3.8, 4) is 0 Å². The molecule has 1 saturated carbocycles. The molecule has 19 heavy (non-hydrogen) atoms. The summed E-state index contributed by atoms with van der Waals surface area (Å²) in [6.45, 7) is 2.33. The first-order valence-corrected chi connectivity index (χ1v) is 7.66. The second-order valence-corrected chi connectivity index (χ2v) is 6.35. The van der Waals surface area contributed by atoms with Crippen LogP contribution in [-0.2, 0) is 6.42 Å². The van der Waals surface area contributed by atoms with Gasteiger partial charge in [0.05, 0.1) is 5.52 Å². The molecule has 2 heteroatoms. The molecule has 3 rings (SSSR count). The summed E-state index contributed by atoms with van der Waals surface area (Å²) in [6, 6.07) is 12.5. The molecule has 0 aliphatic heterocycles. The van der Waals surface area contributed by atoms with E-state index in [4.69, 9.17) is 16.6 Å². The van der Waals surface area contributed by atoms with Crippen LogP contribution in [0, 0.1) is 11.8 Å². The van der Waals surface area contributed by atoms with Crippen molar-refractivity contribution >= 4 is 22.5 Å². The Hall–Kier alpha value is -1.08. The zero-order valence-corrected chi connectivity index (χ0v) is 12.1. The highest BCUT2D eigenvalue weighted by atomic mass is 35.5. The first-order valence-electron chi connectivity index (χ1n) is 7.23. The van der Waals surface area contributed by atoms with Crippen LogP contribution < -0.4 is 0 Å². The number of pyridine rings is 1. The van der Waals surface area contributed by atoms with Crippen molar-refractivity contribution in [1.82, 2.24) is 4.98 Å². The lowest BCUT2D eigenvalue weighted by Crippen LogP contribution is -2.20. The first kappa shape index (κ1) is 12.9. The molecule has 0 N–H and O–H groups in total. The molecule has 2 aromatic rings. The topological polar surface area (TPSA) is 12.9 Å². The van der Waals surface area contributed by atoms with Crippen molar-refractivity contribution in [2.75, 3.05) is 0 Å². The molecule has 1 aromatic carbocycles. The Balaban J connectivity index is 1.77. The van der Waals surface area contributed by atoms with Gasteiger partial charge in [-0.05, 0) is 30.4 Å². The molecular weight excluding hydrogens is 254 g/mol. The van der Waals surface area contributed by atoms with E-state index < -0.39 is 0 Å². The largest absolute Gasteiger partial charge is 0.253 e. The lowest BCUT2D eigenvalue weighted by atomic mass is 9.92. The van der Waals surface area contributed by atoms with Crippen LogP contribution in [-0.4, -0.2) is 10.4 Å². The van der Waals surface area contributed by atoms with Gasteiger partial charge in [-0.25, -0.2) is 0 Å². The van der Waals surface area contributed by atoms with Crippen LogP contribution in [0.2, 0.25) is 0 Å². The van der Waals surface area contributed by atoms with Crippen molar-refractivity contribution in [2.24, 2.45) is 11.8 Å². The minimum absolute atomic E-state index is 0.228. The number of fused-ring (bicyclic) bond motifs is 1. The van der Waals surface area contributed by atoms with E-state index in [-0.39, 0.29) is 5.38 Å². The Bertz CT molecular complexity index is 566. The Morgan fingerprint density at radius 3 is 2.84 bits per heavy atom. The number of alkyl halides is 1. The maximum Gasteiger partial charge on any atom is 0.0705 e. The van der Waals surface area contributed by atoms with E-state index in [1.807, 2.05) is 12.1 Å². The number of rotatable bonds is 3. The van der Waals surface area contributed by atoms with Gasteiger partial charge in [0.2, 0.25) is 0 Å². The van der Waals surface area contributed by atoms with Crippen LogP contribution in [0.5, 0.6) is 0 Å². The molecule has 0 radical (unpaired) electrons. The van der Waals surface area contributed by atoms with Crippen molar-refractivity contribution in [3.05, 3.63) is 42.1 Å². The predicted molar refractivity (Wildman–Crippen MR) is 81.6 cm³/mol. The third-order valence-electron chi connectivity index (χ3n) is 4.45. The molecule has 0 amide bonds. The average Bonchev–Trinajstić information content (AvgIpc) is 2.85. The molecule has 0 bridgehead atoms. The zero-order chi connectivity index (χ0) is 13.2. The summed E-state index contributed by atoms with van der Waals surface area (Å²) in [5.41, 5.74) is 2.20. The average molecular weight is 274 g/mol. The number of benzene rings is 1. The van der Waals surface area contributed by atoms with Crippen LogP contribution in [0.4, 0.5) is 0 Å². The standard InChI is InChI=1S/C17H20ClN/c1-12-5-4-7-15(12)16(18)11-14-10-9-13-6-2-3-8-17(13)19-14/h2-3,6,8-10,12,15-16H,4-5,7,11H2,1H3. The number of halogens is 1. The fourth-order valence-corrected chi connectivity index (χ4v) is 3.82. The number of hydrogen-bond donors (Lipinski definition) is 0. The lowest BCUT2D eigenvalue weighted by Gasteiger charge is -2.21. The fraction of sp³-hybridized carbons (Fsp3) is 0.471. The maximum atomic E-state index is 6.63. The van der Waals surface area contributed by atoms with Gasteiger partial charge >= 0.3 is 0 Å². The molecule has 3 atom stereocenters. The van der Waals surface area contributed by atoms with E-state index in [9.17, 15) is 0 Å². The van der Waals surface area contributed by atoms with Gasteiger partial charge in [-0.3, -0.25) is 4.98 Å². The molecule has 100 valence electrons. The fourth-order valence-electron chi connectivity index (χ4n) is 3.28. The highest BCUT2D eigenvalue weighted by Crippen LogP contribution is 2.37. The molecular formula is C17H20ClN. The molecule has 0 saturated heterocycles. The van der Waals surface area contributed by atoms with Crippen LogP contribution in [0.1, 0.15) is 31.9 Å². The Labute approximate surface area is 120 Å². The van der Waals surface area contributed by atoms with Gasteiger partial charge in [0, 0.05) is 22.9 Å². The number of hydrogen-bond acceptors (Lipinski definition) is 1. The molecule has 3 unspecified atom stereocenters. The van der Waals surface area contributed by atoms with Gasteiger partial charge in [0.15, 0.2) is 0 Å². The third-order valence-corrected chi connectivity index (χ3v) is 4.93. The van der Waals surface area contributed by atoms with E-state index in [2.05, 4.69) is 31.2 Å².